The van der Waals surface area contributed by atoms with Crippen LogP contribution in [0.15, 0.2) is 9.70 Å². The van der Waals surface area contributed by atoms with Crippen molar-refractivity contribution in [1.82, 2.24) is 9.47 Å². The molecule has 3 aliphatic rings. The third-order valence-corrected chi connectivity index (χ3v) is 8.42. The molecule has 0 N–H and O–H groups in total. The van der Waals surface area contributed by atoms with Crippen molar-refractivity contribution >= 4 is 46.1 Å². The molecular weight excluding hydrogens is 480 g/mol. The Labute approximate surface area is 217 Å². The summed E-state index contributed by atoms with van der Waals surface area (Å²) in [5.41, 5.74) is 1.23. The molecule has 7 nitrogen and oxygen atoms in total. The van der Waals surface area contributed by atoms with Gasteiger partial charge in [0.25, 0.3) is 11.5 Å². The molecule has 0 aromatic carbocycles. The third-order valence-electron chi connectivity index (χ3n) is 7.09. The second-order valence-electron chi connectivity index (χ2n) is 9.81. The lowest BCUT2D eigenvalue weighted by Crippen LogP contribution is -2.48. The van der Waals surface area contributed by atoms with Gasteiger partial charge in [-0.05, 0) is 51.7 Å². The Morgan fingerprint density at radius 3 is 2.46 bits per heavy atom. The van der Waals surface area contributed by atoms with Crippen molar-refractivity contribution in [2.75, 3.05) is 18.0 Å². The van der Waals surface area contributed by atoms with Crippen LogP contribution in [0.25, 0.3) is 6.08 Å². The molecule has 2 saturated heterocycles. The van der Waals surface area contributed by atoms with Gasteiger partial charge >= 0.3 is 0 Å². The lowest BCUT2D eigenvalue weighted by molar-refractivity contribution is -0.123. The van der Waals surface area contributed by atoms with Gasteiger partial charge in [0.05, 0.1) is 17.1 Å². The highest BCUT2D eigenvalue weighted by atomic mass is 32.2. The highest BCUT2D eigenvalue weighted by Gasteiger charge is 2.39. The monoisotopic (exact) mass is 514 g/mol. The standard InChI is InChI=1S/C26H34N4O3S2/c1-5-6-11-29-23(28-14-16(2)33-17(3)15-28)20(18(4)21(13-27)24(29)31)12-22-25(32)30(26(34)35-22)19-9-7-8-10-19/h12,16-17,19H,5-11,14-15H2,1-4H3. The number of rotatable bonds is 6. The number of aromatic nitrogens is 1. The summed E-state index contributed by atoms with van der Waals surface area (Å²) in [7, 11) is 0. The quantitative estimate of drug-likeness (QED) is 0.406. The fraction of sp³-hybridized carbons (Fsp3) is 0.615. The lowest BCUT2D eigenvalue weighted by Gasteiger charge is -2.39. The number of carbonyl (C=O) groups is 1. The first-order valence-corrected chi connectivity index (χ1v) is 13.8. The smallest absolute Gasteiger partial charge is 0.270 e. The van der Waals surface area contributed by atoms with E-state index < -0.39 is 0 Å². The summed E-state index contributed by atoms with van der Waals surface area (Å²) in [6.07, 6.45) is 7.80. The highest BCUT2D eigenvalue weighted by molar-refractivity contribution is 8.26. The normalized spacial score (nSPS) is 24.6. The van der Waals surface area contributed by atoms with Crippen LogP contribution in [-0.4, -0.2) is 51.0 Å². The first-order chi connectivity index (χ1) is 16.8. The largest absolute Gasteiger partial charge is 0.372 e. The minimum absolute atomic E-state index is 0.00199. The maximum Gasteiger partial charge on any atom is 0.270 e. The van der Waals surface area contributed by atoms with Crippen LogP contribution < -0.4 is 10.5 Å². The molecule has 0 bridgehead atoms. The van der Waals surface area contributed by atoms with Crippen LogP contribution in [0.4, 0.5) is 5.82 Å². The van der Waals surface area contributed by atoms with Crippen LogP contribution >= 0.6 is 24.0 Å². The van der Waals surface area contributed by atoms with Crippen molar-refractivity contribution in [3.63, 3.8) is 0 Å². The van der Waals surface area contributed by atoms with Gasteiger partial charge in [0, 0.05) is 31.2 Å². The van der Waals surface area contributed by atoms with Crippen LogP contribution in [0.2, 0.25) is 0 Å². The molecule has 1 aromatic heterocycles. The highest BCUT2D eigenvalue weighted by Crippen LogP contribution is 2.39. The molecule has 2 aliphatic heterocycles. The number of morpholine rings is 1. The molecule has 3 fully saturated rings. The molecule has 2 atom stereocenters. The van der Waals surface area contributed by atoms with Crippen LogP contribution in [0, 0.1) is 18.3 Å². The van der Waals surface area contributed by atoms with Crippen LogP contribution in [0.3, 0.4) is 0 Å². The summed E-state index contributed by atoms with van der Waals surface area (Å²) in [5.74, 6) is 0.707. The number of hydrogen-bond acceptors (Lipinski definition) is 7. The summed E-state index contributed by atoms with van der Waals surface area (Å²) in [5, 5.41) is 9.88. The number of ether oxygens (including phenoxy) is 1. The first kappa shape index (κ1) is 25.9. The van der Waals surface area contributed by atoms with Gasteiger partial charge in [0.1, 0.15) is 21.8 Å². The van der Waals surface area contributed by atoms with E-state index in [1.165, 1.54) is 11.8 Å². The zero-order chi connectivity index (χ0) is 25.3. The molecule has 1 amide bonds. The molecule has 3 heterocycles. The second-order valence-corrected chi connectivity index (χ2v) is 11.5. The fourth-order valence-electron chi connectivity index (χ4n) is 5.45. The van der Waals surface area contributed by atoms with Crippen molar-refractivity contribution in [2.45, 2.75) is 91.0 Å². The Morgan fingerprint density at radius 1 is 1.20 bits per heavy atom. The molecule has 4 rings (SSSR count). The second kappa shape index (κ2) is 10.9. The number of unbranched alkanes of at least 4 members (excludes halogenated alkanes) is 1. The molecule has 0 spiro atoms. The van der Waals surface area contributed by atoms with E-state index in [0.29, 0.717) is 34.4 Å². The van der Waals surface area contributed by atoms with Gasteiger partial charge in [-0.25, -0.2) is 0 Å². The van der Waals surface area contributed by atoms with Gasteiger partial charge in [-0.15, -0.1) is 0 Å². The SMILES string of the molecule is CCCCn1c(N2CC(C)OC(C)C2)c(C=C2SC(=S)N(C3CCCC3)C2=O)c(C)c(C#N)c1=O. The molecule has 1 aliphatic carbocycles. The molecule has 1 saturated carbocycles. The van der Waals surface area contributed by atoms with Crippen molar-refractivity contribution in [3.05, 3.63) is 31.9 Å². The third kappa shape index (κ3) is 5.07. The number of anilines is 1. The molecule has 2 unspecified atom stereocenters. The van der Waals surface area contributed by atoms with Crippen molar-refractivity contribution < 1.29 is 9.53 Å². The van der Waals surface area contributed by atoms with Gasteiger partial charge in [0.15, 0.2) is 0 Å². The number of amides is 1. The number of hydrogen-bond donors (Lipinski definition) is 0. The summed E-state index contributed by atoms with van der Waals surface area (Å²) in [6.45, 7) is 9.72. The lowest BCUT2D eigenvalue weighted by atomic mass is 10.0. The van der Waals surface area contributed by atoms with Gasteiger partial charge in [-0.3, -0.25) is 19.1 Å². The Bertz CT molecular complexity index is 1140. The van der Waals surface area contributed by atoms with E-state index in [1.807, 2.05) is 26.8 Å². The molecule has 0 radical (unpaired) electrons. The summed E-state index contributed by atoms with van der Waals surface area (Å²) < 4.78 is 8.30. The maximum atomic E-state index is 13.5. The van der Waals surface area contributed by atoms with E-state index in [9.17, 15) is 14.9 Å². The Balaban J connectivity index is 1.88. The zero-order valence-electron chi connectivity index (χ0n) is 21.0. The van der Waals surface area contributed by atoms with E-state index in [1.54, 1.807) is 9.47 Å². The minimum atomic E-state index is -0.268. The predicted molar refractivity (Wildman–Crippen MR) is 145 cm³/mol. The van der Waals surface area contributed by atoms with Gasteiger partial charge in [-0.1, -0.05) is 50.2 Å². The van der Waals surface area contributed by atoms with Crippen LogP contribution in [-0.2, 0) is 16.1 Å². The molecular formula is C26H34N4O3S2. The van der Waals surface area contributed by atoms with Gasteiger partial charge < -0.3 is 9.64 Å². The number of thioether (sulfide) groups is 1. The first-order valence-electron chi connectivity index (χ1n) is 12.6. The van der Waals surface area contributed by atoms with Crippen molar-refractivity contribution in [2.24, 2.45) is 0 Å². The average Bonchev–Trinajstić information content (AvgIpc) is 3.42. The summed E-state index contributed by atoms with van der Waals surface area (Å²) in [4.78, 5) is 31.4. The number of nitrogens with zero attached hydrogens (tertiary/aromatic N) is 4. The Morgan fingerprint density at radius 2 is 1.86 bits per heavy atom. The topological polar surface area (TPSA) is 78.6 Å². The Kier molecular flexibility index (Phi) is 8.04. The van der Waals surface area contributed by atoms with E-state index >= 15 is 0 Å². The van der Waals surface area contributed by atoms with Gasteiger partial charge in [-0.2, -0.15) is 5.26 Å². The Hall–Kier alpha value is -2.15. The number of carbonyl (C=O) groups excluding carboxylic acids is 1. The van der Waals surface area contributed by atoms with Crippen LogP contribution in [0.5, 0.6) is 0 Å². The molecule has 35 heavy (non-hydrogen) atoms. The summed E-state index contributed by atoms with van der Waals surface area (Å²) in [6, 6.07) is 2.30. The molecule has 9 heteroatoms. The van der Waals surface area contributed by atoms with E-state index in [0.717, 1.165) is 49.9 Å². The number of nitriles is 1. The minimum Gasteiger partial charge on any atom is -0.372 e. The maximum absolute atomic E-state index is 13.5. The van der Waals surface area contributed by atoms with E-state index in [2.05, 4.69) is 17.9 Å². The zero-order valence-corrected chi connectivity index (χ0v) is 22.6. The van der Waals surface area contributed by atoms with Crippen LogP contribution in [0.1, 0.15) is 76.0 Å². The summed E-state index contributed by atoms with van der Waals surface area (Å²) >= 11 is 6.94. The number of pyridine rings is 1. The number of thiocarbonyl (C=S) groups is 1. The fourth-order valence-corrected chi connectivity index (χ4v) is 6.83. The predicted octanol–water partition coefficient (Wildman–Crippen LogP) is 4.59. The average molecular weight is 515 g/mol. The van der Waals surface area contributed by atoms with Crippen molar-refractivity contribution in [1.29, 1.82) is 5.26 Å². The van der Waals surface area contributed by atoms with Gasteiger partial charge in [0.2, 0.25) is 0 Å². The molecule has 188 valence electrons. The van der Waals surface area contributed by atoms with E-state index in [-0.39, 0.29) is 35.3 Å². The van der Waals surface area contributed by atoms with Crippen molar-refractivity contribution in [3.8, 4) is 6.07 Å². The molecule has 1 aromatic rings. The van der Waals surface area contributed by atoms with E-state index in [4.69, 9.17) is 17.0 Å².